The molecule has 0 aliphatic carbocycles. The normalized spacial score (nSPS) is 16.4. The predicted molar refractivity (Wildman–Crippen MR) is 117 cm³/mol. The van der Waals surface area contributed by atoms with E-state index in [4.69, 9.17) is 4.99 Å². The lowest BCUT2D eigenvalue weighted by Crippen LogP contribution is -2.36. The van der Waals surface area contributed by atoms with Crippen molar-refractivity contribution in [2.24, 2.45) is 4.99 Å². The van der Waals surface area contributed by atoms with Crippen LogP contribution in [0.4, 0.5) is 18.9 Å². The number of carbonyl (C=O) groups excluding carboxylic acids is 1. The number of amides is 1. The van der Waals surface area contributed by atoms with Gasteiger partial charge in [0.15, 0.2) is 0 Å². The van der Waals surface area contributed by atoms with E-state index in [1.54, 1.807) is 36.2 Å². The molecule has 3 aromatic carbocycles. The number of hydrogen-bond acceptors (Lipinski definition) is 3. The minimum absolute atomic E-state index is 0.113. The topological polar surface area (TPSA) is 52.9 Å². The van der Waals surface area contributed by atoms with Gasteiger partial charge in [0.2, 0.25) is 0 Å². The standard InChI is InChI=1S/C25H21F3N2O2/c1-15-3-12-22-20(13-15)23(17-6-10-19(31)11-7-17)29-21(24(32)30(22)2)14-16-4-8-18(9-5-16)25(26,27)28/h3-13,21,31H,14H2,1-2H3. The van der Waals surface area contributed by atoms with Crippen LogP contribution < -0.4 is 4.90 Å². The Bertz CT molecular complexity index is 1180. The van der Waals surface area contributed by atoms with Crippen LogP contribution in [-0.4, -0.2) is 29.8 Å². The number of phenols is 1. The number of alkyl halides is 3. The SMILES string of the molecule is Cc1ccc2c(c1)C(c1ccc(O)cc1)=NC(Cc1ccc(C(F)(F)F)cc1)C(=O)N2C. The lowest BCUT2D eigenvalue weighted by molar-refractivity contribution is -0.137. The molecule has 4 rings (SSSR count). The van der Waals surface area contributed by atoms with Gasteiger partial charge in [-0.05, 0) is 61.0 Å². The number of benzene rings is 3. The van der Waals surface area contributed by atoms with Gasteiger partial charge in [-0.3, -0.25) is 9.79 Å². The second-order valence-corrected chi connectivity index (χ2v) is 7.86. The van der Waals surface area contributed by atoms with E-state index in [0.717, 1.165) is 28.8 Å². The fourth-order valence-electron chi connectivity index (χ4n) is 3.79. The average molecular weight is 438 g/mol. The molecule has 32 heavy (non-hydrogen) atoms. The second kappa shape index (κ2) is 8.15. The van der Waals surface area contributed by atoms with Crippen LogP contribution in [0.15, 0.2) is 71.7 Å². The highest BCUT2D eigenvalue weighted by atomic mass is 19.4. The molecule has 1 amide bonds. The Morgan fingerprint density at radius 2 is 1.66 bits per heavy atom. The highest BCUT2D eigenvalue weighted by Crippen LogP contribution is 2.31. The van der Waals surface area contributed by atoms with Crippen molar-refractivity contribution in [3.8, 4) is 5.75 Å². The van der Waals surface area contributed by atoms with E-state index in [9.17, 15) is 23.1 Å². The molecule has 1 aliphatic rings. The Labute approximate surface area is 183 Å². The van der Waals surface area contributed by atoms with E-state index in [0.29, 0.717) is 17.0 Å². The Morgan fingerprint density at radius 1 is 1.00 bits per heavy atom. The summed E-state index contributed by atoms with van der Waals surface area (Å²) in [6, 6.07) is 16.3. The first-order chi connectivity index (χ1) is 15.1. The number of halogens is 3. The van der Waals surface area contributed by atoms with E-state index in [1.807, 2.05) is 25.1 Å². The summed E-state index contributed by atoms with van der Waals surface area (Å²) in [5.74, 6) is -0.134. The zero-order chi connectivity index (χ0) is 23.0. The van der Waals surface area contributed by atoms with Crippen molar-refractivity contribution in [1.29, 1.82) is 0 Å². The van der Waals surface area contributed by atoms with Crippen LogP contribution in [0.5, 0.6) is 5.75 Å². The van der Waals surface area contributed by atoms with Crippen LogP contribution in [0, 0.1) is 6.92 Å². The fourth-order valence-corrected chi connectivity index (χ4v) is 3.79. The average Bonchev–Trinajstić information content (AvgIpc) is 2.85. The fraction of sp³-hybridized carbons (Fsp3) is 0.200. The lowest BCUT2D eigenvalue weighted by atomic mass is 9.98. The summed E-state index contributed by atoms with van der Waals surface area (Å²) < 4.78 is 38.7. The first-order valence-corrected chi connectivity index (χ1v) is 10.1. The molecule has 1 atom stereocenters. The third-order valence-corrected chi connectivity index (χ3v) is 5.52. The molecule has 0 bridgehead atoms. The van der Waals surface area contributed by atoms with Gasteiger partial charge in [0.1, 0.15) is 11.8 Å². The highest BCUT2D eigenvalue weighted by molar-refractivity contribution is 6.20. The molecule has 1 unspecified atom stereocenters. The van der Waals surface area contributed by atoms with Crippen molar-refractivity contribution >= 4 is 17.3 Å². The van der Waals surface area contributed by atoms with Gasteiger partial charge >= 0.3 is 6.18 Å². The minimum atomic E-state index is -4.42. The number of phenolic OH excluding ortho intramolecular Hbond substituents is 1. The molecule has 3 aromatic rings. The maximum atomic E-state index is 13.3. The van der Waals surface area contributed by atoms with E-state index in [1.165, 1.54) is 12.1 Å². The molecule has 0 radical (unpaired) electrons. The minimum Gasteiger partial charge on any atom is -0.508 e. The zero-order valence-electron chi connectivity index (χ0n) is 17.5. The Hall–Kier alpha value is -3.61. The van der Waals surface area contributed by atoms with Gasteiger partial charge in [0.25, 0.3) is 5.91 Å². The van der Waals surface area contributed by atoms with Crippen molar-refractivity contribution in [3.05, 3.63) is 94.5 Å². The maximum Gasteiger partial charge on any atom is 0.416 e. The van der Waals surface area contributed by atoms with Gasteiger partial charge in [-0.15, -0.1) is 0 Å². The molecule has 164 valence electrons. The summed E-state index contributed by atoms with van der Waals surface area (Å²) in [4.78, 5) is 19.6. The largest absolute Gasteiger partial charge is 0.508 e. The highest BCUT2D eigenvalue weighted by Gasteiger charge is 2.32. The molecule has 0 spiro atoms. The number of anilines is 1. The van der Waals surface area contributed by atoms with Gasteiger partial charge in [-0.25, -0.2) is 0 Å². The summed E-state index contributed by atoms with van der Waals surface area (Å²) in [7, 11) is 1.67. The molecule has 4 nitrogen and oxygen atoms in total. The van der Waals surface area contributed by atoms with Crippen LogP contribution in [0.2, 0.25) is 0 Å². The Morgan fingerprint density at radius 3 is 2.28 bits per heavy atom. The van der Waals surface area contributed by atoms with E-state index in [-0.39, 0.29) is 18.1 Å². The number of carbonyl (C=O) groups is 1. The summed E-state index contributed by atoms with van der Waals surface area (Å²) in [5, 5.41) is 9.68. The molecular formula is C25H21F3N2O2. The second-order valence-electron chi connectivity index (χ2n) is 7.86. The van der Waals surface area contributed by atoms with Gasteiger partial charge < -0.3 is 10.0 Å². The first-order valence-electron chi connectivity index (χ1n) is 10.1. The number of benzodiazepines with no additional fused rings is 1. The maximum absolute atomic E-state index is 13.3. The van der Waals surface area contributed by atoms with Crippen LogP contribution in [-0.2, 0) is 17.4 Å². The number of nitrogens with zero attached hydrogens (tertiary/aromatic N) is 2. The third-order valence-electron chi connectivity index (χ3n) is 5.52. The molecule has 1 heterocycles. The smallest absolute Gasteiger partial charge is 0.416 e. The van der Waals surface area contributed by atoms with Gasteiger partial charge in [0, 0.05) is 24.6 Å². The van der Waals surface area contributed by atoms with Gasteiger partial charge in [0.05, 0.1) is 17.0 Å². The molecule has 1 N–H and O–H groups in total. The van der Waals surface area contributed by atoms with Crippen LogP contribution in [0.1, 0.15) is 27.8 Å². The molecule has 0 saturated heterocycles. The number of hydrogen-bond donors (Lipinski definition) is 1. The van der Waals surface area contributed by atoms with Crippen molar-refractivity contribution in [2.75, 3.05) is 11.9 Å². The number of rotatable bonds is 3. The summed E-state index contributed by atoms with van der Waals surface area (Å²) >= 11 is 0. The summed E-state index contributed by atoms with van der Waals surface area (Å²) in [5.41, 5.74) is 3.65. The van der Waals surface area contributed by atoms with Crippen LogP contribution in [0.25, 0.3) is 0 Å². The lowest BCUT2D eigenvalue weighted by Gasteiger charge is -2.21. The Balaban J connectivity index is 1.79. The molecule has 0 aromatic heterocycles. The van der Waals surface area contributed by atoms with Crippen LogP contribution in [0.3, 0.4) is 0 Å². The number of fused-ring (bicyclic) bond motifs is 1. The van der Waals surface area contributed by atoms with Crippen molar-refractivity contribution in [1.82, 2.24) is 0 Å². The molecule has 7 heteroatoms. The van der Waals surface area contributed by atoms with Crippen molar-refractivity contribution in [3.63, 3.8) is 0 Å². The summed E-state index contributed by atoms with van der Waals surface area (Å²) in [6.07, 6.45) is -4.25. The van der Waals surface area contributed by atoms with Crippen molar-refractivity contribution < 1.29 is 23.1 Å². The number of aryl methyl sites for hydroxylation is 1. The quantitative estimate of drug-likeness (QED) is 0.615. The van der Waals surface area contributed by atoms with E-state index < -0.39 is 17.8 Å². The Kier molecular flexibility index (Phi) is 5.50. The van der Waals surface area contributed by atoms with Gasteiger partial charge in [-0.2, -0.15) is 13.2 Å². The van der Waals surface area contributed by atoms with E-state index >= 15 is 0 Å². The molecule has 1 aliphatic heterocycles. The predicted octanol–water partition coefficient (Wildman–Crippen LogP) is 5.14. The van der Waals surface area contributed by atoms with Gasteiger partial charge in [-0.1, -0.05) is 23.8 Å². The number of likely N-dealkylation sites (N-methyl/N-ethyl adjacent to an activating group) is 1. The molecule has 0 fully saturated rings. The molecular weight excluding hydrogens is 417 g/mol. The third kappa shape index (κ3) is 4.23. The zero-order valence-corrected chi connectivity index (χ0v) is 17.5. The van der Waals surface area contributed by atoms with E-state index in [2.05, 4.69) is 0 Å². The van der Waals surface area contributed by atoms with Crippen molar-refractivity contribution in [2.45, 2.75) is 25.6 Å². The summed E-state index contributed by atoms with van der Waals surface area (Å²) in [6.45, 7) is 1.95. The first kappa shape index (κ1) is 21.6. The number of aliphatic imine (C=N–C) groups is 1. The number of aromatic hydroxyl groups is 1. The monoisotopic (exact) mass is 438 g/mol. The van der Waals surface area contributed by atoms with Crippen LogP contribution >= 0.6 is 0 Å². The molecule has 0 saturated carbocycles.